The van der Waals surface area contributed by atoms with Crippen molar-refractivity contribution in [3.8, 4) is 11.8 Å². The fourth-order valence-electron chi connectivity index (χ4n) is 9.98. The van der Waals surface area contributed by atoms with E-state index in [1.165, 1.54) is 62.0 Å². The van der Waals surface area contributed by atoms with E-state index in [1.807, 2.05) is 119 Å². The molecule has 0 fully saturated rings. The van der Waals surface area contributed by atoms with E-state index in [-0.39, 0.29) is 72.5 Å². The summed E-state index contributed by atoms with van der Waals surface area (Å²) in [5.41, 5.74) is 6.83. The number of nitrogens with zero attached hydrogens (tertiary/aromatic N) is 6. The van der Waals surface area contributed by atoms with Crippen molar-refractivity contribution in [2.45, 2.75) is 156 Å². The van der Waals surface area contributed by atoms with Crippen molar-refractivity contribution >= 4 is 64.1 Å². The summed E-state index contributed by atoms with van der Waals surface area (Å²) in [6.07, 6.45) is 15.9. The Morgan fingerprint density at radius 3 is 1.34 bits per heavy atom. The molecule has 5 atom stereocenters. The lowest BCUT2D eigenvalue weighted by Gasteiger charge is -2.42. The van der Waals surface area contributed by atoms with E-state index in [2.05, 4.69) is 57.6 Å². The molecule has 5 aromatic rings. The van der Waals surface area contributed by atoms with Gasteiger partial charge in [0.2, 0.25) is 0 Å². The van der Waals surface area contributed by atoms with Crippen LogP contribution < -0.4 is 38.6 Å². The van der Waals surface area contributed by atoms with Crippen molar-refractivity contribution in [2.75, 3.05) is 53.5 Å². The van der Waals surface area contributed by atoms with E-state index in [4.69, 9.17) is 30.5 Å². The van der Waals surface area contributed by atoms with Crippen LogP contribution in [0.2, 0.25) is 0 Å². The Morgan fingerprint density at radius 1 is 0.598 bits per heavy atom. The van der Waals surface area contributed by atoms with Gasteiger partial charge in [-0.15, -0.1) is 20.3 Å². The molecule has 82 heavy (non-hydrogen) atoms. The second-order valence-corrected chi connectivity index (χ2v) is 24.8. The molecule has 3 aromatic carbocycles. The Hall–Kier alpha value is -4.79. The van der Waals surface area contributed by atoms with Gasteiger partial charge in [-0.1, -0.05) is 173 Å². The van der Waals surface area contributed by atoms with E-state index in [1.54, 1.807) is 13.8 Å². The van der Waals surface area contributed by atoms with Crippen LogP contribution in [0.25, 0.3) is 11.1 Å². The largest absolute Gasteiger partial charge is 1.00 e. The molecule has 7 rings (SSSR count). The smallest absolute Gasteiger partial charge is 0.310 e. The number of alkyl halides is 1. The van der Waals surface area contributed by atoms with E-state index < -0.39 is 10.8 Å². The number of carbonyl (C=O) groups is 3. The standard InChI is InChI=1S/2C26H38N3O3S.C12H15ClO2.HI/c2*1-5-6-7-11-17-31-25-24(27-33-28-25)22-15-12-16-29(4,19-22)26(21-13-9-8-10-14-21)32-23(30)18-20(2)3;1-9(2)12(13,11(14)15)8-10-6-4-3-5-7-10;/h2*8-10,13-15,20,26H,5-7,11-12,16-19H2,1-4H3;3-7,9H,8H2,1-2H3,(H,14,15);1H/q2*+1;;/p-2. The van der Waals surface area contributed by atoms with Crippen LogP contribution in [0.4, 0.5) is 0 Å². The zero-order chi connectivity index (χ0) is 58.8. The molecule has 2 aromatic heterocycles. The van der Waals surface area contributed by atoms with E-state index in [0.29, 0.717) is 59.9 Å². The number of benzene rings is 3. The lowest BCUT2D eigenvalue weighted by molar-refractivity contribution is -0.953. The van der Waals surface area contributed by atoms with E-state index >= 15 is 0 Å². The highest BCUT2D eigenvalue weighted by Gasteiger charge is 2.42. The van der Waals surface area contributed by atoms with Crippen LogP contribution in [0.15, 0.2) is 103 Å². The number of quaternary nitrogens is 2. The highest BCUT2D eigenvalue weighted by Crippen LogP contribution is 2.39. The van der Waals surface area contributed by atoms with Crippen molar-refractivity contribution in [3.63, 3.8) is 0 Å². The lowest BCUT2D eigenvalue weighted by Crippen LogP contribution is -3.00. The molecule has 5 unspecified atom stereocenters. The summed E-state index contributed by atoms with van der Waals surface area (Å²) in [6, 6.07) is 29.5. The number of carboxylic acids is 1. The monoisotopic (exact) mass is 1300 g/mol. The number of esters is 2. The molecule has 0 amide bonds. The number of hydrogen-bond donors (Lipinski definition) is 0. The first-order valence-electron chi connectivity index (χ1n) is 29.2. The van der Waals surface area contributed by atoms with Crippen molar-refractivity contribution in [3.05, 3.63) is 131 Å². The number of aromatic nitrogens is 4. The molecule has 0 saturated heterocycles. The van der Waals surface area contributed by atoms with Crippen LogP contribution in [0.3, 0.4) is 0 Å². The van der Waals surface area contributed by atoms with Gasteiger partial charge in [-0.05, 0) is 66.8 Å². The fraction of sp³-hybridized carbons (Fsp3) is 0.547. The quantitative estimate of drug-likeness (QED) is 0.0153. The van der Waals surface area contributed by atoms with Crippen molar-refractivity contribution in [1.82, 2.24) is 17.5 Å². The number of hydrogen-bond acceptors (Lipinski definition) is 14. The molecule has 450 valence electrons. The molecular weight excluding hydrogens is 1210 g/mol. The number of carboxylic acid groups (broad SMARTS) is 1. The van der Waals surface area contributed by atoms with Crippen LogP contribution in [-0.2, 0) is 30.3 Å². The molecule has 0 bridgehead atoms. The van der Waals surface area contributed by atoms with Crippen LogP contribution in [-0.4, -0.2) is 103 Å². The van der Waals surface area contributed by atoms with Gasteiger partial charge < -0.3 is 52.8 Å². The Labute approximate surface area is 519 Å². The molecule has 0 radical (unpaired) electrons. The minimum Gasteiger partial charge on any atom is -1.00 e. The predicted octanol–water partition coefficient (Wildman–Crippen LogP) is 10.7. The molecule has 18 heteroatoms. The molecule has 2 aliphatic heterocycles. The van der Waals surface area contributed by atoms with Gasteiger partial charge in [0.25, 0.3) is 24.2 Å². The highest BCUT2D eigenvalue weighted by molar-refractivity contribution is 6.99. The maximum Gasteiger partial charge on any atom is 0.310 e. The van der Waals surface area contributed by atoms with Crippen molar-refractivity contribution < 1.29 is 71.4 Å². The molecule has 14 nitrogen and oxygen atoms in total. The zero-order valence-electron chi connectivity index (χ0n) is 50.2. The molecule has 0 N–H and O–H groups in total. The summed E-state index contributed by atoms with van der Waals surface area (Å²) in [6.45, 7) is 20.6. The summed E-state index contributed by atoms with van der Waals surface area (Å²) in [5, 5.41) is 11.0. The van der Waals surface area contributed by atoms with Gasteiger partial charge in [-0.2, -0.15) is 8.75 Å². The Kier molecular flexibility index (Phi) is 30.2. The average molecular weight is 1300 g/mol. The normalized spacial score (nSPS) is 18.2. The molecule has 0 aliphatic carbocycles. The zero-order valence-corrected chi connectivity index (χ0v) is 54.7. The van der Waals surface area contributed by atoms with Gasteiger partial charge >= 0.3 is 11.9 Å². The van der Waals surface area contributed by atoms with Crippen LogP contribution in [0.5, 0.6) is 11.8 Å². The first-order chi connectivity index (χ1) is 38.8. The number of halogens is 2. The minimum absolute atomic E-state index is 0. The first-order valence-corrected chi connectivity index (χ1v) is 31.1. The third-order valence-corrected chi connectivity index (χ3v) is 16.4. The third-order valence-electron chi connectivity index (χ3n) is 14.6. The number of unbranched alkanes of at least 4 members (excludes halogenated alkanes) is 6. The summed E-state index contributed by atoms with van der Waals surface area (Å²) < 4.78 is 43.4. The lowest BCUT2D eigenvalue weighted by atomic mass is 9.88. The summed E-state index contributed by atoms with van der Waals surface area (Å²) in [4.78, 5) is 35.1. The van der Waals surface area contributed by atoms with Gasteiger partial charge in [-0.3, -0.25) is 18.6 Å². The number of rotatable bonds is 28. The maximum atomic E-state index is 12.7. The minimum atomic E-state index is -1.32. The topological polar surface area (TPSA) is 163 Å². The van der Waals surface area contributed by atoms with Crippen LogP contribution in [0, 0.1) is 17.8 Å². The molecule has 2 aliphatic rings. The Bertz CT molecular complexity index is 2580. The number of ether oxygens (including phenoxy) is 4. The summed E-state index contributed by atoms with van der Waals surface area (Å²) in [5.74, 6) is 0.0886. The predicted molar refractivity (Wildman–Crippen MR) is 324 cm³/mol. The van der Waals surface area contributed by atoms with Crippen molar-refractivity contribution in [1.29, 1.82) is 0 Å². The average Bonchev–Trinajstić information content (AvgIpc) is 3.11. The van der Waals surface area contributed by atoms with Crippen molar-refractivity contribution in [2.24, 2.45) is 17.8 Å². The van der Waals surface area contributed by atoms with Gasteiger partial charge in [0.1, 0.15) is 24.5 Å². The van der Waals surface area contributed by atoms with Gasteiger partial charge in [0.05, 0.1) is 85.8 Å². The first kappa shape index (κ1) is 69.7. The summed E-state index contributed by atoms with van der Waals surface area (Å²) in [7, 11) is 4.33. The SMILES string of the molecule is CC(C)C(Cl)(Cc1ccccc1)C(=O)[O-].CCCCCCOc1nsnc1C1=CCC[N+](C)(C(OC(=O)CC(C)C)c2ccccc2)C1.CCCCCCOc1nsnc1C1=CCC[N+](C)(C(OC(=O)CC(C)C)c2ccccc2)C1.[I-]. The van der Waals surface area contributed by atoms with E-state index in [0.717, 1.165) is 78.0 Å². The number of carbonyl (C=O) groups excluding carboxylic acids is 3. The Balaban J connectivity index is 0.000000281. The highest BCUT2D eigenvalue weighted by atomic mass is 127. The number of likely N-dealkylation sites (N-methyl/N-ethyl adjacent to an activating group) is 2. The second kappa shape index (κ2) is 35.5. The van der Waals surface area contributed by atoms with Gasteiger partial charge in [0, 0.05) is 36.8 Å². The van der Waals surface area contributed by atoms with Gasteiger partial charge in [0.15, 0.2) is 0 Å². The Morgan fingerprint density at radius 2 is 0.988 bits per heavy atom. The summed E-state index contributed by atoms with van der Waals surface area (Å²) >= 11 is 8.47. The van der Waals surface area contributed by atoms with E-state index in [9.17, 15) is 19.5 Å². The van der Waals surface area contributed by atoms with Gasteiger partial charge in [-0.25, -0.2) is 0 Å². The van der Waals surface area contributed by atoms with Crippen LogP contribution >= 0.6 is 35.1 Å². The molecule has 0 saturated carbocycles. The number of aliphatic carboxylic acids is 1. The maximum absolute atomic E-state index is 12.7. The molecule has 0 spiro atoms. The van der Waals surface area contributed by atoms with Crippen LogP contribution in [0.1, 0.15) is 173 Å². The third kappa shape index (κ3) is 21.7. The second-order valence-electron chi connectivity index (χ2n) is 23.1. The fourth-order valence-corrected chi connectivity index (χ4v) is 11.2. The molecular formula is C64H90ClIN6O8S2. The molecule has 4 heterocycles.